The molecule has 2 rings (SSSR count). The van der Waals surface area contributed by atoms with Gasteiger partial charge in [0, 0.05) is 12.2 Å². The summed E-state index contributed by atoms with van der Waals surface area (Å²) < 4.78 is 0. The minimum absolute atomic E-state index is 0.294. The van der Waals surface area contributed by atoms with Crippen molar-refractivity contribution in [3.05, 3.63) is 29.8 Å². The van der Waals surface area contributed by atoms with Gasteiger partial charge in [-0.25, -0.2) is 0 Å². The van der Waals surface area contributed by atoms with Crippen LogP contribution < -0.4 is 5.32 Å². The molecule has 4 heteroatoms. The zero-order valence-corrected chi connectivity index (χ0v) is 12.6. The maximum Gasteiger partial charge on any atom is 0.306 e. The third-order valence-electron chi connectivity index (χ3n) is 4.41. The lowest BCUT2D eigenvalue weighted by Gasteiger charge is -2.35. The molecule has 0 aliphatic heterocycles. The van der Waals surface area contributed by atoms with Gasteiger partial charge < -0.3 is 15.5 Å². The molecule has 0 spiro atoms. The van der Waals surface area contributed by atoms with E-state index in [9.17, 15) is 9.90 Å². The molecule has 0 heterocycles. The van der Waals surface area contributed by atoms with Gasteiger partial charge in [-0.05, 0) is 43.7 Å². The molecule has 1 saturated carbocycles. The summed E-state index contributed by atoms with van der Waals surface area (Å²) in [5.41, 5.74) is 1.56. The van der Waals surface area contributed by atoms with E-state index in [4.69, 9.17) is 5.11 Å². The van der Waals surface area contributed by atoms with Crippen LogP contribution in [0.3, 0.4) is 0 Å². The molecule has 1 fully saturated rings. The molecule has 1 aromatic carbocycles. The Kier molecular flexibility index (Phi) is 5.23. The predicted molar refractivity (Wildman–Crippen MR) is 83.5 cm³/mol. The number of aliphatic carboxylic acids is 1. The molecule has 1 aromatic rings. The van der Waals surface area contributed by atoms with Crippen LogP contribution in [-0.2, 0) is 11.2 Å². The van der Waals surface area contributed by atoms with E-state index in [0.29, 0.717) is 32.2 Å². The summed E-state index contributed by atoms with van der Waals surface area (Å²) in [4.78, 5) is 11.0. The van der Waals surface area contributed by atoms with Gasteiger partial charge in [-0.2, -0.15) is 0 Å². The fraction of sp³-hybridized carbons (Fsp3) is 0.588. The summed E-state index contributed by atoms with van der Waals surface area (Å²) >= 11 is 0. The predicted octanol–water partition coefficient (Wildman–Crippen LogP) is 3.06. The highest BCUT2D eigenvalue weighted by Crippen LogP contribution is 2.32. The van der Waals surface area contributed by atoms with Crippen LogP contribution in [0.25, 0.3) is 0 Å². The van der Waals surface area contributed by atoms with E-state index in [0.717, 1.165) is 18.5 Å². The number of carboxylic acid groups (broad SMARTS) is 1. The third kappa shape index (κ3) is 4.21. The molecule has 0 unspecified atom stereocenters. The smallest absolute Gasteiger partial charge is 0.306 e. The van der Waals surface area contributed by atoms with Crippen molar-refractivity contribution in [1.29, 1.82) is 0 Å². The van der Waals surface area contributed by atoms with Crippen molar-refractivity contribution in [1.82, 2.24) is 0 Å². The largest absolute Gasteiger partial charge is 0.481 e. The molecule has 0 aromatic heterocycles. The molecule has 0 radical (unpaired) electrons. The van der Waals surface area contributed by atoms with E-state index < -0.39 is 11.6 Å². The summed E-state index contributed by atoms with van der Waals surface area (Å²) in [5.74, 6) is -1.03. The summed E-state index contributed by atoms with van der Waals surface area (Å²) in [6, 6.07) is 8.17. The Hall–Kier alpha value is -1.55. The number of hydrogen-bond donors (Lipinski definition) is 3. The van der Waals surface area contributed by atoms with Crippen LogP contribution in [0.4, 0.5) is 5.69 Å². The van der Waals surface area contributed by atoms with Gasteiger partial charge in [0.25, 0.3) is 0 Å². The standard InChI is InChI=1S/C17H25NO3/c1-2-5-13-6-3-4-7-15(13)18-12-17(21)10-8-14(9-11-17)16(19)20/h3-4,6-7,14,18,21H,2,5,8-12H2,1H3,(H,19,20). The molecular formula is C17H25NO3. The number of rotatable bonds is 6. The maximum atomic E-state index is 11.0. The van der Waals surface area contributed by atoms with Crippen molar-refractivity contribution in [2.45, 2.75) is 51.0 Å². The normalized spacial score (nSPS) is 25.5. The molecule has 0 bridgehead atoms. The third-order valence-corrected chi connectivity index (χ3v) is 4.41. The fourth-order valence-electron chi connectivity index (χ4n) is 3.02. The number of carbonyl (C=O) groups is 1. The minimum atomic E-state index is -0.786. The minimum Gasteiger partial charge on any atom is -0.481 e. The fourth-order valence-corrected chi connectivity index (χ4v) is 3.02. The van der Waals surface area contributed by atoms with Crippen molar-refractivity contribution >= 4 is 11.7 Å². The molecule has 0 amide bonds. The Morgan fingerprint density at radius 2 is 2.00 bits per heavy atom. The lowest BCUT2D eigenvalue weighted by Crippen LogP contribution is -2.42. The number of aliphatic hydroxyl groups is 1. The van der Waals surface area contributed by atoms with Gasteiger partial charge in [-0.3, -0.25) is 4.79 Å². The molecule has 1 aliphatic rings. The van der Waals surface area contributed by atoms with Gasteiger partial charge in [-0.15, -0.1) is 0 Å². The number of para-hydroxylation sites is 1. The van der Waals surface area contributed by atoms with Crippen LogP contribution in [0.2, 0.25) is 0 Å². The molecular weight excluding hydrogens is 266 g/mol. The van der Waals surface area contributed by atoms with Gasteiger partial charge in [0.15, 0.2) is 0 Å². The Balaban J connectivity index is 1.92. The van der Waals surface area contributed by atoms with Gasteiger partial charge >= 0.3 is 5.97 Å². The van der Waals surface area contributed by atoms with Crippen LogP contribution in [0.1, 0.15) is 44.6 Å². The second kappa shape index (κ2) is 6.94. The van der Waals surface area contributed by atoms with E-state index in [1.165, 1.54) is 5.56 Å². The van der Waals surface area contributed by atoms with Gasteiger partial charge in [0.2, 0.25) is 0 Å². The Morgan fingerprint density at radius 3 is 2.62 bits per heavy atom. The highest BCUT2D eigenvalue weighted by atomic mass is 16.4. The van der Waals surface area contributed by atoms with E-state index in [-0.39, 0.29) is 5.92 Å². The first kappa shape index (κ1) is 15.8. The number of carboxylic acids is 1. The first-order valence-corrected chi connectivity index (χ1v) is 7.81. The van der Waals surface area contributed by atoms with Crippen molar-refractivity contribution < 1.29 is 15.0 Å². The molecule has 21 heavy (non-hydrogen) atoms. The van der Waals surface area contributed by atoms with E-state index in [1.54, 1.807) is 0 Å². The van der Waals surface area contributed by atoms with Crippen LogP contribution in [0.15, 0.2) is 24.3 Å². The van der Waals surface area contributed by atoms with Gasteiger partial charge in [0.05, 0.1) is 11.5 Å². The van der Waals surface area contributed by atoms with Crippen molar-refractivity contribution in [2.24, 2.45) is 5.92 Å². The zero-order valence-electron chi connectivity index (χ0n) is 12.6. The monoisotopic (exact) mass is 291 g/mol. The topological polar surface area (TPSA) is 69.6 Å². The highest BCUT2D eigenvalue weighted by molar-refractivity contribution is 5.70. The highest BCUT2D eigenvalue weighted by Gasteiger charge is 2.35. The second-order valence-corrected chi connectivity index (χ2v) is 6.10. The number of nitrogens with one attached hydrogen (secondary N) is 1. The quantitative estimate of drug-likeness (QED) is 0.753. The number of benzene rings is 1. The first-order valence-electron chi connectivity index (χ1n) is 7.81. The Labute approximate surface area is 126 Å². The van der Waals surface area contributed by atoms with Crippen molar-refractivity contribution in [3.63, 3.8) is 0 Å². The van der Waals surface area contributed by atoms with Crippen LogP contribution in [0.5, 0.6) is 0 Å². The van der Waals surface area contributed by atoms with E-state index in [1.807, 2.05) is 18.2 Å². The molecule has 1 aliphatic carbocycles. The second-order valence-electron chi connectivity index (χ2n) is 6.10. The molecule has 0 saturated heterocycles. The summed E-state index contributed by atoms with van der Waals surface area (Å²) in [6.07, 6.45) is 4.32. The molecule has 116 valence electrons. The van der Waals surface area contributed by atoms with E-state index >= 15 is 0 Å². The molecule has 3 N–H and O–H groups in total. The number of anilines is 1. The Morgan fingerprint density at radius 1 is 1.33 bits per heavy atom. The number of aryl methyl sites for hydroxylation is 1. The lowest BCUT2D eigenvalue weighted by molar-refractivity contribution is -0.144. The first-order chi connectivity index (χ1) is 10.0. The Bertz CT molecular complexity index is 479. The van der Waals surface area contributed by atoms with Crippen LogP contribution >= 0.6 is 0 Å². The summed E-state index contributed by atoms with van der Waals surface area (Å²) in [5, 5.41) is 23.0. The van der Waals surface area contributed by atoms with Crippen LogP contribution in [-0.4, -0.2) is 28.3 Å². The van der Waals surface area contributed by atoms with Crippen molar-refractivity contribution in [2.75, 3.05) is 11.9 Å². The van der Waals surface area contributed by atoms with Crippen molar-refractivity contribution in [3.8, 4) is 0 Å². The average molecular weight is 291 g/mol. The lowest BCUT2D eigenvalue weighted by atomic mass is 9.79. The molecule has 4 nitrogen and oxygen atoms in total. The van der Waals surface area contributed by atoms with E-state index in [2.05, 4.69) is 18.3 Å². The van der Waals surface area contributed by atoms with Crippen LogP contribution in [0, 0.1) is 5.92 Å². The maximum absolute atomic E-state index is 11.0. The van der Waals surface area contributed by atoms with Gasteiger partial charge in [0.1, 0.15) is 0 Å². The summed E-state index contributed by atoms with van der Waals surface area (Å²) in [6.45, 7) is 2.64. The molecule has 0 atom stereocenters. The average Bonchev–Trinajstić information content (AvgIpc) is 2.47. The SMILES string of the molecule is CCCc1ccccc1NCC1(O)CCC(C(=O)O)CC1. The number of hydrogen-bond acceptors (Lipinski definition) is 3. The summed E-state index contributed by atoms with van der Waals surface area (Å²) in [7, 11) is 0. The van der Waals surface area contributed by atoms with Gasteiger partial charge in [-0.1, -0.05) is 31.5 Å². The zero-order chi connectivity index (χ0) is 15.3.